The quantitative estimate of drug-likeness (QED) is 0.642. The lowest BCUT2D eigenvalue weighted by atomic mass is 9.81. The molecule has 0 aliphatic heterocycles. The van der Waals surface area contributed by atoms with E-state index in [9.17, 15) is 18.4 Å². The Hall–Kier alpha value is -0.370. The highest BCUT2D eigenvalue weighted by Gasteiger charge is 2.50. The van der Waals surface area contributed by atoms with E-state index < -0.39 is 29.4 Å². The van der Waals surface area contributed by atoms with Crippen molar-refractivity contribution in [3.63, 3.8) is 0 Å². The third-order valence-electron chi connectivity index (χ3n) is 2.35. The summed E-state index contributed by atoms with van der Waals surface area (Å²) in [5, 5.41) is 18.3. The Labute approximate surface area is 79.0 Å². The predicted molar refractivity (Wildman–Crippen MR) is 38.9 cm³/mol. The molecule has 1 rings (SSSR count). The van der Waals surface area contributed by atoms with Crippen LogP contribution in [0, 0.1) is 12.0 Å². The molecule has 4 nitrogen and oxygen atoms in total. The van der Waals surface area contributed by atoms with Crippen molar-refractivity contribution in [3.05, 3.63) is 6.04 Å². The number of halogens is 3. The van der Waals surface area contributed by atoms with Crippen molar-refractivity contribution in [1.82, 2.24) is 5.23 Å². The second kappa shape index (κ2) is 4.01. The van der Waals surface area contributed by atoms with E-state index in [4.69, 9.17) is 10.9 Å². The lowest BCUT2D eigenvalue weighted by molar-refractivity contribution is -0.362. The molecule has 1 fully saturated rings. The molecular formula is C7H11F3N2O2. The first-order valence-electron chi connectivity index (χ1n) is 4.16. The Morgan fingerprint density at radius 3 is 2.50 bits per heavy atom. The van der Waals surface area contributed by atoms with E-state index in [-0.39, 0.29) is 12.8 Å². The summed E-state index contributed by atoms with van der Waals surface area (Å²) in [6.45, 7) is 0. The van der Waals surface area contributed by atoms with E-state index >= 15 is 0 Å². The smallest absolute Gasteiger partial charge is 0.328 e. The maximum atomic E-state index is 12.4. The molecule has 0 aromatic carbocycles. The van der Waals surface area contributed by atoms with E-state index in [1.165, 1.54) is 0 Å². The number of nitrogens with two attached hydrogens (primary N) is 1. The van der Waals surface area contributed by atoms with Crippen molar-refractivity contribution in [3.8, 4) is 0 Å². The molecule has 0 heterocycles. The molecule has 2 radical (unpaired) electrons. The Kier molecular flexibility index (Phi) is 3.36. The summed E-state index contributed by atoms with van der Waals surface area (Å²) < 4.78 is 37.1. The minimum absolute atomic E-state index is 0.106. The number of hydrogen-bond donors (Lipinski definition) is 2. The Morgan fingerprint density at radius 2 is 2.07 bits per heavy atom. The summed E-state index contributed by atoms with van der Waals surface area (Å²) in [6.07, 6.45) is -4.66. The predicted octanol–water partition coefficient (Wildman–Crippen LogP) is 1.24. The van der Waals surface area contributed by atoms with Gasteiger partial charge in [0.15, 0.2) is 0 Å². The lowest BCUT2D eigenvalue weighted by Gasteiger charge is -2.35. The topological polar surface area (TPSA) is 69.4 Å². The molecule has 2 atom stereocenters. The molecule has 0 saturated heterocycles. The van der Waals surface area contributed by atoms with Crippen LogP contribution in [0.5, 0.6) is 0 Å². The zero-order chi connectivity index (χ0) is 10.9. The minimum atomic E-state index is -4.52. The third-order valence-corrected chi connectivity index (χ3v) is 2.35. The van der Waals surface area contributed by atoms with Gasteiger partial charge in [0.25, 0.3) is 0 Å². The van der Waals surface area contributed by atoms with Gasteiger partial charge in [0.05, 0.1) is 5.92 Å². The van der Waals surface area contributed by atoms with Crippen LogP contribution in [0.2, 0.25) is 0 Å². The molecule has 0 aromatic heterocycles. The van der Waals surface area contributed by atoms with Gasteiger partial charge in [-0.1, -0.05) is 5.21 Å². The molecule has 82 valence electrons. The van der Waals surface area contributed by atoms with Gasteiger partial charge < -0.3 is 5.73 Å². The summed E-state index contributed by atoms with van der Waals surface area (Å²) >= 11 is 0. The fourth-order valence-corrected chi connectivity index (χ4v) is 1.62. The van der Waals surface area contributed by atoms with Crippen molar-refractivity contribution in [2.24, 2.45) is 11.7 Å². The van der Waals surface area contributed by atoms with E-state index in [2.05, 4.69) is 0 Å². The molecule has 14 heavy (non-hydrogen) atoms. The van der Waals surface area contributed by atoms with E-state index in [0.29, 0.717) is 6.42 Å². The van der Waals surface area contributed by atoms with Crippen molar-refractivity contribution in [2.75, 3.05) is 0 Å². The third kappa shape index (κ3) is 2.57. The minimum Gasteiger partial charge on any atom is -0.328 e. The van der Waals surface area contributed by atoms with Gasteiger partial charge >= 0.3 is 6.18 Å². The number of alkyl halides is 3. The fraction of sp³-hybridized carbons (Fsp3) is 0.857. The number of hydrogen-bond acceptors (Lipinski definition) is 3. The Morgan fingerprint density at radius 1 is 1.50 bits per heavy atom. The normalized spacial score (nSPS) is 31.1. The van der Waals surface area contributed by atoms with Crippen LogP contribution < -0.4 is 5.73 Å². The van der Waals surface area contributed by atoms with Crippen molar-refractivity contribution < 1.29 is 23.6 Å². The van der Waals surface area contributed by atoms with Crippen molar-refractivity contribution in [2.45, 2.75) is 31.5 Å². The summed E-state index contributed by atoms with van der Waals surface area (Å²) in [4.78, 5) is 0. The van der Waals surface area contributed by atoms with Crippen LogP contribution in [0.3, 0.4) is 0 Å². The highest BCUT2D eigenvalue weighted by atomic mass is 19.4. The number of rotatable bonds is 1. The van der Waals surface area contributed by atoms with Crippen LogP contribution in [-0.4, -0.2) is 22.7 Å². The molecule has 3 N–H and O–H groups in total. The van der Waals surface area contributed by atoms with Gasteiger partial charge in [0.2, 0.25) is 0 Å². The first-order chi connectivity index (χ1) is 6.32. The van der Waals surface area contributed by atoms with Gasteiger partial charge in [-0.15, -0.1) is 0 Å². The van der Waals surface area contributed by atoms with Gasteiger partial charge in [-0.25, -0.2) is 0 Å². The molecule has 7 heteroatoms. The Bertz CT molecular complexity index is 198. The fourth-order valence-electron chi connectivity index (χ4n) is 1.62. The van der Waals surface area contributed by atoms with Gasteiger partial charge in [0.1, 0.15) is 6.04 Å². The van der Waals surface area contributed by atoms with Crippen LogP contribution in [-0.2, 0) is 5.21 Å². The molecule has 1 aliphatic carbocycles. The Balaban J connectivity index is 2.74. The average molecular weight is 212 g/mol. The summed E-state index contributed by atoms with van der Waals surface area (Å²) in [6, 6.07) is -1.11. The molecule has 1 aliphatic rings. The molecule has 0 aromatic rings. The molecule has 0 bridgehead atoms. The number of hydroxylamine groups is 2. The van der Waals surface area contributed by atoms with Gasteiger partial charge in [-0.3, -0.25) is 5.21 Å². The zero-order valence-electron chi connectivity index (χ0n) is 7.29. The SMILES string of the molecule is NC1CC[C](N([O])O)C(C(F)(F)F)C1. The monoisotopic (exact) mass is 212 g/mol. The molecule has 2 unspecified atom stereocenters. The standard InChI is InChI=1S/C7H11F3N2O2/c8-7(9,10)5-3-4(11)1-2-6(5)12(13)14/h4-5,13H,1-3,11H2. The van der Waals surface area contributed by atoms with E-state index in [1.54, 1.807) is 0 Å². The van der Waals surface area contributed by atoms with Gasteiger partial charge in [0, 0.05) is 6.04 Å². The highest BCUT2D eigenvalue weighted by Crippen LogP contribution is 2.42. The van der Waals surface area contributed by atoms with Crippen molar-refractivity contribution >= 4 is 0 Å². The van der Waals surface area contributed by atoms with Crippen LogP contribution in [0.4, 0.5) is 13.2 Å². The van der Waals surface area contributed by atoms with Crippen LogP contribution in [0.25, 0.3) is 0 Å². The second-order valence-corrected chi connectivity index (χ2v) is 3.39. The van der Waals surface area contributed by atoms with Gasteiger partial charge in [-0.2, -0.15) is 13.2 Å². The molecule has 1 saturated carbocycles. The van der Waals surface area contributed by atoms with Crippen LogP contribution >= 0.6 is 0 Å². The van der Waals surface area contributed by atoms with Crippen LogP contribution in [0.1, 0.15) is 19.3 Å². The van der Waals surface area contributed by atoms with Crippen LogP contribution in [0.15, 0.2) is 0 Å². The highest BCUT2D eigenvalue weighted by molar-refractivity contribution is 5.00. The second-order valence-electron chi connectivity index (χ2n) is 3.39. The summed E-state index contributed by atoms with van der Waals surface area (Å²) in [5.74, 6) is -1.91. The van der Waals surface area contributed by atoms with E-state index in [1.807, 2.05) is 0 Å². The molecular weight excluding hydrogens is 201 g/mol. The van der Waals surface area contributed by atoms with E-state index in [0.717, 1.165) is 0 Å². The zero-order valence-corrected chi connectivity index (χ0v) is 7.29. The average Bonchev–Trinajstić information content (AvgIpc) is 2.01. The first kappa shape index (κ1) is 11.7. The molecule has 0 spiro atoms. The first-order valence-corrected chi connectivity index (χ1v) is 4.16. The van der Waals surface area contributed by atoms with Gasteiger partial charge in [-0.05, 0) is 24.5 Å². The maximum Gasteiger partial charge on any atom is 0.393 e. The maximum absolute atomic E-state index is 12.4. The molecule has 0 amide bonds. The lowest BCUT2D eigenvalue weighted by Crippen LogP contribution is -2.44. The summed E-state index contributed by atoms with van der Waals surface area (Å²) in [5.41, 5.74) is 5.37. The number of nitrogens with zero attached hydrogens (tertiary/aromatic N) is 1. The van der Waals surface area contributed by atoms with Crippen molar-refractivity contribution in [1.29, 1.82) is 0 Å². The largest absolute Gasteiger partial charge is 0.393 e. The summed E-state index contributed by atoms with van der Waals surface area (Å²) in [7, 11) is 0.